The van der Waals surface area contributed by atoms with Gasteiger partial charge in [-0.05, 0) is 42.8 Å². The topological polar surface area (TPSA) is 43.4 Å². The standard InChI is InChI=1S/C19H18F2N2O2/c1-13-11-14(12-22-17(13)18(20)21)25-19(9-5-6-10-23-19)15-7-3-4-8-16(15)24-2/h3-12,18,23H,1-2H3. The summed E-state index contributed by atoms with van der Waals surface area (Å²) in [5.74, 6) is 1.02. The second-order valence-electron chi connectivity index (χ2n) is 5.57. The molecule has 0 aliphatic carbocycles. The number of dihydropyridines is 1. The summed E-state index contributed by atoms with van der Waals surface area (Å²) in [6.07, 6.45) is 5.95. The zero-order valence-electron chi connectivity index (χ0n) is 13.9. The van der Waals surface area contributed by atoms with Crippen molar-refractivity contribution in [1.29, 1.82) is 0 Å². The van der Waals surface area contributed by atoms with Gasteiger partial charge in [-0.1, -0.05) is 18.2 Å². The second kappa shape index (κ2) is 6.93. The molecule has 2 aromatic rings. The zero-order valence-corrected chi connectivity index (χ0v) is 13.9. The Morgan fingerprint density at radius 1 is 1.20 bits per heavy atom. The van der Waals surface area contributed by atoms with E-state index in [-0.39, 0.29) is 5.69 Å². The van der Waals surface area contributed by atoms with E-state index in [1.807, 2.05) is 42.5 Å². The number of allylic oxidation sites excluding steroid dienone is 2. The summed E-state index contributed by atoms with van der Waals surface area (Å²) >= 11 is 0. The van der Waals surface area contributed by atoms with Crippen LogP contribution in [0.1, 0.15) is 23.2 Å². The number of alkyl halides is 2. The Bertz CT molecular complexity index is 821. The first-order valence-electron chi connectivity index (χ1n) is 7.75. The maximum absolute atomic E-state index is 12.9. The summed E-state index contributed by atoms with van der Waals surface area (Å²) in [6.45, 7) is 1.58. The molecular weight excluding hydrogens is 326 g/mol. The molecule has 1 atom stereocenters. The summed E-state index contributed by atoms with van der Waals surface area (Å²) in [7, 11) is 1.58. The number of pyridine rings is 1. The highest BCUT2D eigenvalue weighted by Gasteiger charge is 2.35. The molecule has 1 aliphatic heterocycles. The number of aromatic nitrogens is 1. The number of para-hydroxylation sites is 1. The average Bonchev–Trinajstić information content (AvgIpc) is 2.62. The lowest BCUT2D eigenvalue weighted by atomic mass is 9.99. The number of nitrogens with one attached hydrogen (secondary N) is 1. The molecule has 1 aliphatic rings. The SMILES string of the molecule is COc1ccccc1C1(Oc2cnc(C(F)F)c(C)c2)C=CC=CN1. The van der Waals surface area contributed by atoms with Crippen LogP contribution in [0.5, 0.6) is 11.5 Å². The Morgan fingerprint density at radius 2 is 2.00 bits per heavy atom. The molecule has 0 radical (unpaired) electrons. The molecule has 0 saturated carbocycles. The number of hydrogen-bond acceptors (Lipinski definition) is 4. The third-order valence-electron chi connectivity index (χ3n) is 3.92. The molecule has 0 saturated heterocycles. The number of halogens is 2. The summed E-state index contributed by atoms with van der Waals surface area (Å²) in [4.78, 5) is 3.83. The molecule has 1 aromatic heterocycles. The van der Waals surface area contributed by atoms with Crippen molar-refractivity contribution < 1.29 is 18.3 Å². The number of benzene rings is 1. The van der Waals surface area contributed by atoms with Gasteiger partial charge in [-0.15, -0.1) is 0 Å². The first kappa shape index (κ1) is 17.0. The molecule has 3 rings (SSSR count). The van der Waals surface area contributed by atoms with E-state index in [2.05, 4.69) is 10.3 Å². The number of rotatable bonds is 5. The van der Waals surface area contributed by atoms with Gasteiger partial charge in [0.05, 0.1) is 18.9 Å². The Labute approximate surface area is 144 Å². The smallest absolute Gasteiger partial charge is 0.280 e. The highest BCUT2D eigenvalue weighted by molar-refractivity contribution is 5.44. The highest BCUT2D eigenvalue weighted by Crippen LogP contribution is 2.35. The van der Waals surface area contributed by atoms with Crippen LogP contribution in [0.3, 0.4) is 0 Å². The van der Waals surface area contributed by atoms with Crippen LogP contribution in [0.4, 0.5) is 8.78 Å². The van der Waals surface area contributed by atoms with Gasteiger partial charge in [0.15, 0.2) is 0 Å². The van der Waals surface area contributed by atoms with Crippen LogP contribution in [-0.4, -0.2) is 12.1 Å². The van der Waals surface area contributed by atoms with Gasteiger partial charge in [-0.2, -0.15) is 0 Å². The fourth-order valence-corrected chi connectivity index (χ4v) is 2.73. The van der Waals surface area contributed by atoms with Crippen LogP contribution in [-0.2, 0) is 5.72 Å². The lowest BCUT2D eigenvalue weighted by molar-refractivity contribution is 0.0904. The molecule has 2 heterocycles. The molecule has 25 heavy (non-hydrogen) atoms. The Kier molecular flexibility index (Phi) is 4.70. The fraction of sp³-hybridized carbons (Fsp3) is 0.211. The number of aryl methyl sites for hydroxylation is 1. The molecule has 1 aromatic carbocycles. The minimum Gasteiger partial charge on any atom is -0.496 e. The fourth-order valence-electron chi connectivity index (χ4n) is 2.73. The third-order valence-corrected chi connectivity index (χ3v) is 3.92. The Hall–Kier alpha value is -2.89. The summed E-state index contributed by atoms with van der Waals surface area (Å²) in [6, 6.07) is 9.00. The minimum absolute atomic E-state index is 0.245. The largest absolute Gasteiger partial charge is 0.496 e. The monoisotopic (exact) mass is 344 g/mol. The van der Waals surface area contributed by atoms with Crippen LogP contribution in [0, 0.1) is 6.92 Å². The highest BCUT2D eigenvalue weighted by atomic mass is 19.3. The first-order chi connectivity index (χ1) is 12.1. The van der Waals surface area contributed by atoms with Crippen molar-refractivity contribution in [2.75, 3.05) is 7.11 Å². The van der Waals surface area contributed by atoms with Crippen LogP contribution in [0.2, 0.25) is 0 Å². The van der Waals surface area contributed by atoms with Crippen molar-refractivity contribution in [2.24, 2.45) is 0 Å². The quantitative estimate of drug-likeness (QED) is 0.881. The van der Waals surface area contributed by atoms with Gasteiger partial charge in [-0.25, -0.2) is 8.78 Å². The number of hydrogen-bond donors (Lipinski definition) is 1. The van der Waals surface area contributed by atoms with Crippen molar-refractivity contribution in [3.05, 3.63) is 77.8 Å². The van der Waals surface area contributed by atoms with Gasteiger partial charge in [-0.3, -0.25) is 4.98 Å². The van der Waals surface area contributed by atoms with E-state index >= 15 is 0 Å². The van der Waals surface area contributed by atoms with Crippen molar-refractivity contribution >= 4 is 0 Å². The van der Waals surface area contributed by atoms with Crippen molar-refractivity contribution in [3.63, 3.8) is 0 Å². The molecular formula is C19H18F2N2O2. The van der Waals surface area contributed by atoms with E-state index in [1.54, 1.807) is 26.3 Å². The molecule has 0 fully saturated rings. The average molecular weight is 344 g/mol. The van der Waals surface area contributed by atoms with Crippen molar-refractivity contribution in [1.82, 2.24) is 10.3 Å². The van der Waals surface area contributed by atoms with Crippen molar-refractivity contribution in [3.8, 4) is 11.5 Å². The predicted octanol–water partition coefficient (Wildman–Crippen LogP) is 4.24. The third kappa shape index (κ3) is 3.33. The second-order valence-corrected chi connectivity index (χ2v) is 5.57. The van der Waals surface area contributed by atoms with E-state index in [1.165, 1.54) is 6.20 Å². The van der Waals surface area contributed by atoms with E-state index in [4.69, 9.17) is 9.47 Å². The van der Waals surface area contributed by atoms with Gasteiger partial charge in [0, 0.05) is 6.20 Å². The molecule has 0 amide bonds. The number of methoxy groups -OCH3 is 1. The lowest BCUT2D eigenvalue weighted by Crippen LogP contribution is -2.44. The lowest BCUT2D eigenvalue weighted by Gasteiger charge is -2.34. The molecule has 0 spiro atoms. The van der Waals surface area contributed by atoms with Gasteiger partial charge in [0.2, 0.25) is 5.72 Å². The zero-order chi connectivity index (χ0) is 17.9. The molecule has 1 unspecified atom stereocenters. The van der Waals surface area contributed by atoms with Crippen LogP contribution < -0.4 is 14.8 Å². The number of ether oxygens (including phenoxy) is 2. The summed E-state index contributed by atoms with van der Waals surface area (Å²) in [5.41, 5.74) is -0.139. The first-order valence-corrected chi connectivity index (χ1v) is 7.75. The Balaban J connectivity index is 2.02. The maximum Gasteiger partial charge on any atom is 0.280 e. The minimum atomic E-state index is -2.62. The van der Waals surface area contributed by atoms with Gasteiger partial charge < -0.3 is 14.8 Å². The van der Waals surface area contributed by atoms with Gasteiger partial charge in [0.1, 0.15) is 17.2 Å². The van der Waals surface area contributed by atoms with Crippen LogP contribution in [0.25, 0.3) is 0 Å². The molecule has 0 bridgehead atoms. The summed E-state index contributed by atoms with van der Waals surface area (Å²) < 4.78 is 37.4. The molecule has 1 N–H and O–H groups in total. The molecule has 6 heteroatoms. The van der Waals surface area contributed by atoms with E-state index in [9.17, 15) is 8.78 Å². The maximum atomic E-state index is 12.9. The van der Waals surface area contributed by atoms with E-state index in [0.29, 0.717) is 17.1 Å². The summed E-state index contributed by atoms with van der Waals surface area (Å²) in [5, 5.41) is 3.18. The van der Waals surface area contributed by atoms with Crippen LogP contribution >= 0.6 is 0 Å². The normalized spacial score (nSPS) is 18.9. The molecule has 130 valence electrons. The van der Waals surface area contributed by atoms with Gasteiger partial charge in [0.25, 0.3) is 6.43 Å². The van der Waals surface area contributed by atoms with E-state index in [0.717, 1.165) is 5.56 Å². The predicted molar refractivity (Wildman–Crippen MR) is 90.6 cm³/mol. The van der Waals surface area contributed by atoms with Crippen LogP contribution in [0.15, 0.2) is 61.0 Å². The van der Waals surface area contributed by atoms with Gasteiger partial charge >= 0.3 is 0 Å². The van der Waals surface area contributed by atoms with E-state index < -0.39 is 12.2 Å². The van der Waals surface area contributed by atoms with Crippen molar-refractivity contribution in [2.45, 2.75) is 19.1 Å². The Morgan fingerprint density at radius 3 is 2.64 bits per heavy atom. The molecule has 4 nitrogen and oxygen atoms in total. The number of nitrogens with zero attached hydrogens (tertiary/aromatic N) is 1.